The van der Waals surface area contributed by atoms with Crippen molar-refractivity contribution >= 4 is 34.1 Å². The molecule has 31 heavy (non-hydrogen) atoms. The van der Waals surface area contributed by atoms with Gasteiger partial charge in [0.05, 0.1) is 13.7 Å². The van der Waals surface area contributed by atoms with Crippen LogP contribution >= 0.6 is 11.6 Å². The molecule has 0 saturated heterocycles. The Kier molecular flexibility index (Phi) is 6.56. The molecule has 3 aromatic rings. The molecule has 10 nitrogen and oxygen atoms in total. The Hall–Kier alpha value is -2.66. The third-order valence-corrected chi connectivity index (χ3v) is 5.10. The molecule has 0 spiro atoms. The van der Waals surface area contributed by atoms with Crippen LogP contribution in [0, 0.1) is 0 Å². The minimum absolute atomic E-state index is 0.0428. The molecule has 164 valence electrons. The molecule has 3 rings (SSSR count). The average molecular weight is 475 g/mol. The second kappa shape index (κ2) is 8.83. The number of aliphatic hydroxyl groups is 1. The summed E-state index contributed by atoms with van der Waals surface area (Å²) in [6.07, 6.45) is -7.71. The number of hydrogen-bond donors (Lipinski definition) is 1. The van der Waals surface area contributed by atoms with Crippen LogP contribution in [0.1, 0.15) is 16.4 Å². The van der Waals surface area contributed by atoms with Crippen molar-refractivity contribution in [3.8, 4) is 11.4 Å². The van der Waals surface area contributed by atoms with Gasteiger partial charge >= 0.3 is 34.3 Å². The van der Waals surface area contributed by atoms with Crippen molar-refractivity contribution in [3.63, 3.8) is 0 Å². The fourth-order valence-electron chi connectivity index (χ4n) is 2.71. The number of esters is 1. The number of ether oxygens (including phenoxy) is 1. The first-order chi connectivity index (χ1) is 14.5. The highest BCUT2D eigenvalue weighted by Crippen LogP contribution is 2.24. The first-order valence-electron chi connectivity index (χ1n) is 8.68. The van der Waals surface area contributed by atoms with Crippen molar-refractivity contribution in [3.05, 3.63) is 51.4 Å². The van der Waals surface area contributed by atoms with E-state index in [9.17, 15) is 27.9 Å². The van der Waals surface area contributed by atoms with Gasteiger partial charge in [0.25, 0.3) is 0 Å². The van der Waals surface area contributed by atoms with Crippen molar-refractivity contribution in [2.24, 2.45) is 0 Å². The summed E-state index contributed by atoms with van der Waals surface area (Å²) in [6.45, 7) is -1.37. The van der Waals surface area contributed by atoms with E-state index in [0.717, 1.165) is 4.68 Å². The van der Waals surface area contributed by atoms with Crippen LogP contribution in [0.25, 0.3) is 11.4 Å². The van der Waals surface area contributed by atoms with Gasteiger partial charge in [-0.05, 0) is 24.3 Å². The van der Waals surface area contributed by atoms with Gasteiger partial charge in [0.1, 0.15) is 6.54 Å². The van der Waals surface area contributed by atoms with Crippen LogP contribution in [0.5, 0.6) is 0 Å². The van der Waals surface area contributed by atoms with E-state index >= 15 is 0 Å². The van der Waals surface area contributed by atoms with E-state index in [1.165, 1.54) is 35.0 Å². The average Bonchev–Trinajstić information content (AvgIpc) is 3.22. The highest BCUT2D eigenvalue weighted by atomic mass is 35.5. The maximum absolute atomic E-state index is 12.9. The quantitative estimate of drug-likeness (QED) is 0.398. The summed E-state index contributed by atoms with van der Waals surface area (Å²) in [6, 6.07) is 5.92. The molecule has 0 bridgehead atoms. The minimum Gasteiger partial charge on any atom is -0.463 e. The topological polar surface area (TPSA) is 117 Å². The fraction of sp³-hybridized carbons (Fsp3) is 0.312. The van der Waals surface area contributed by atoms with Gasteiger partial charge in [-0.2, -0.15) is 18.3 Å². The Morgan fingerprint density at radius 1 is 1.29 bits per heavy atom. The Balaban J connectivity index is 2.04. The van der Waals surface area contributed by atoms with Crippen LogP contribution in [0.4, 0.5) is 13.2 Å². The van der Waals surface area contributed by atoms with E-state index < -0.39 is 30.5 Å². The van der Waals surface area contributed by atoms with E-state index in [-0.39, 0.29) is 24.0 Å². The molecule has 0 unspecified atom stereocenters. The lowest BCUT2D eigenvalue weighted by Crippen LogP contribution is -2.37. The monoisotopic (exact) mass is 474 g/mol. The van der Waals surface area contributed by atoms with Gasteiger partial charge in [0.2, 0.25) is 5.82 Å². The first kappa shape index (κ1) is 23.0. The van der Waals surface area contributed by atoms with Crippen molar-refractivity contribution in [2.75, 3.05) is 7.11 Å². The number of alkyl halides is 3. The number of hydrogen-bond acceptors (Lipinski definition) is 7. The van der Waals surface area contributed by atoms with Gasteiger partial charge in [-0.3, -0.25) is 4.57 Å². The van der Waals surface area contributed by atoms with Gasteiger partial charge < -0.3 is 13.5 Å². The summed E-state index contributed by atoms with van der Waals surface area (Å²) in [4.78, 5) is 28.5. The molecule has 0 aliphatic rings. The number of nitrogens with zero attached hydrogens (tertiary/aromatic N) is 6. The number of aromatic nitrogens is 6. The second-order valence-electron chi connectivity index (χ2n) is 6.41. The molecule has 1 N–H and O–H groups in total. The predicted octanol–water partition coefficient (Wildman–Crippen LogP) is 0.111. The number of carbonyl (C=O) groups is 1. The molecule has 0 fully saturated rings. The molecule has 0 amide bonds. The number of carbonyl (C=O) groups excluding carboxylic acids is 1. The normalized spacial score (nSPS) is 12.7. The molecule has 0 radical (unpaired) electrons. The zero-order valence-corrected chi connectivity index (χ0v) is 18.9. The van der Waals surface area contributed by atoms with Crippen molar-refractivity contribution in [1.29, 1.82) is 0 Å². The maximum atomic E-state index is 12.9. The third kappa shape index (κ3) is 4.99. The zero-order chi connectivity index (χ0) is 22.9. The second-order valence-corrected chi connectivity index (χ2v) is 7.69. The summed E-state index contributed by atoms with van der Waals surface area (Å²) in [5.41, 5.74) is -0.608. The van der Waals surface area contributed by atoms with Crippen molar-refractivity contribution in [1.82, 2.24) is 28.1 Å². The first-order valence-corrected chi connectivity index (χ1v) is 9.95. The number of halogens is 4. The predicted molar refractivity (Wildman–Crippen MR) is 103 cm³/mol. The van der Waals surface area contributed by atoms with Crippen LogP contribution in [0.3, 0.4) is 0 Å². The van der Waals surface area contributed by atoms with Gasteiger partial charge in [0.15, 0.2) is 17.8 Å². The summed E-state index contributed by atoms with van der Waals surface area (Å²) in [5, 5.41) is 18.0. The Labute approximate surface area is 185 Å². The molecule has 0 aliphatic carbocycles. The van der Waals surface area contributed by atoms with Gasteiger partial charge in [-0.25, -0.2) is 19.3 Å². The molecule has 2 aromatic heterocycles. The number of benzene rings is 1. The molecular formula is C16H15AlClF3N6O4. The number of rotatable bonds is 6. The highest BCUT2D eigenvalue weighted by molar-refractivity contribution is 6.30. The SMILES string of the molecule is COC(=O)c1nc(Cn2nc(-c3ccc(Cl)cc3)n(C[C@H](O)C(F)(F)F)c2=O)n[n]1[AlH2]. The Bertz CT molecular complexity index is 1160. The molecule has 2 heterocycles. The molecule has 0 saturated carbocycles. The molecule has 1 aromatic carbocycles. The summed E-state index contributed by atoms with van der Waals surface area (Å²) >= 11 is 6.14. The van der Waals surface area contributed by atoms with Gasteiger partial charge in [-0.1, -0.05) is 11.6 Å². The fourth-order valence-corrected chi connectivity index (χ4v) is 3.34. The summed E-state index contributed by atoms with van der Waals surface area (Å²) in [5.74, 6) is -0.853. The lowest BCUT2D eigenvalue weighted by molar-refractivity contribution is -0.207. The Morgan fingerprint density at radius 3 is 2.52 bits per heavy atom. The number of aliphatic hydroxyl groups excluding tert-OH is 1. The van der Waals surface area contributed by atoms with Crippen molar-refractivity contribution in [2.45, 2.75) is 25.4 Å². The molecule has 0 aliphatic heterocycles. The van der Waals surface area contributed by atoms with Crippen LogP contribution in [-0.2, 0) is 17.8 Å². The van der Waals surface area contributed by atoms with Crippen LogP contribution in [0.15, 0.2) is 29.1 Å². The van der Waals surface area contributed by atoms with E-state index in [2.05, 4.69) is 19.9 Å². The van der Waals surface area contributed by atoms with E-state index in [1.54, 1.807) is 0 Å². The van der Waals surface area contributed by atoms with E-state index in [0.29, 0.717) is 31.7 Å². The third-order valence-electron chi connectivity index (χ3n) is 4.22. The molecule has 15 heteroatoms. The van der Waals surface area contributed by atoms with Gasteiger partial charge in [0, 0.05) is 10.6 Å². The summed E-state index contributed by atoms with van der Waals surface area (Å²) in [7, 11) is 1.18. The highest BCUT2D eigenvalue weighted by Gasteiger charge is 2.39. The van der Waals surface area contributed by atoms with Crippen LogP contribution in [-0.4, -0.2) is 75.1 Å². The molecular weight excluding hydrogens is 460 g/mol. The van der Waals surface area contributed by atoms with Crippen LogP contribution < -0.4 is 5.69 Å². The van der Waals surface area contributed by atoms with Crippen molar-refractivity contribution < 1.29 is 27.8 Å². The van der Waals surface area contributed by atoms with E-state index in [4.69, 9.17) is 11.6 Å². The maximum Gasteiger partial charge on any atom is 0.416 e. The zero-order valence-electron chi connectivity index (χ0n) is 16.2. The largest absolute Gasteiger partial charge is 0.463 e. The Morgan fingerprint density at radius 2 is 1.94 bits per heavy atom. The smallest absolute Gasteiger partial charge is 0.416 e. The minimum atomic E-state index is -4.93. The lowest BCUT2D eigenvalue weighted by Gasteiger charge is -2.15. The van der Waals surface area contributed by atoms with Gasteiger partial charge in [-0.15, -0.1) is 5.10 Å². The lowest BCUT2D eigenvalue weighted by atomic mass is 10.2. The summed E-state index contributed by atoms with van der Waals surface area (Å²) < 4.78 is 46.1. The standard InChI is InChI=1S/C16H14ClF3N6O4.Al.2H/c1-30-14(28)12-21-11(22-23-12)7-26-15(29)25(6-10(27)16(18,19)20)13(24-26)8-2-4-9(17)5-3-8;;;/h2-5,10,27H,6-7H2,1H3,(H,21,22,23,28);;;/q;+1;;/p-1/t10-;;;/m0.../s1. The van der Waals surface area contributed by atoms with Crippen LogP contribution in [0.2, 0.25) is 5.02 Å². The number of methoxy groups -OCH3 is 1. The molecule has 1 atom stereocenters. The van der Waals surface area contributed by atoms with E-state index in [1.807, 2.05) is 0 Å².